The summed E-state index contributed by atoms with van der Waals surface area (Å²) in [6.07, 6.45) is 5.64. The summed E-state index contributed by atoms with van der Waals surface area (Å²) in [5.74, 6) is 0.661. The molecule has 280 valence electrons. The van der Waals surface area contributed by atoms with Crippen molar-refractivity contribution in [1.82, 2.24) is 24.6 Å². The average Bonchev–Trinajstić information content (AvgIpc) is 3.38. The number of hydrogen-bond acceptors (Lipinski definition) is 10. The molecule has 2 N–H and O–H groups in total. The van der Waals surface area contributed by atoms with E-state index in [1.54, 1.807) is 29.2 Å². The van der Waals surface area contributed by atoms with Crippen LogP contribution in [0.25, 0.3) is 0 Å². The highest BCUT2D eigenvalue weighted by Crippen LogP contribution is 2.41. The molecule has 6 heterocycles. The highest BCUT2D eigenvalue weighted by Gasteiger charge is 2.42. The van der Waals surface area contributed by atoms with Gasteiger partial charge in [0.1, 0.15) is 17.2 Å². The van der Waals surface area contributed by atoms with Gasteiger partial charge in [0.05, 0.1) is 17.3 Å². The zero-order valence-corrected chi connectivity index (χ0v) is 32.5. The van der Waals surface area contributed by atoms with Gasteiger partial charge >= 0.3 is 6.09 Å². The zero-order chi connectivity index (χ0) is 37.6. The first-order chi connectivity index (χ1) is 24.3. The van der Waals surface area contributed by atoms with Gasteiger partial charge < -0.3 is 19.9 Å². The van der Waals surface area contributed by atoms with Crippen molar-refractivity contribution in [3.63, 3.8) is 0 Å². The fourth-order valence-electron chi connectivity index (χ4n) is 7.58. The van der Waals surface area contributed by atoms with Crippen LogP contribution in [0.5, 0.6) is 0 Å². The van der Waals surface area contributed by atoms with Crippen molar-refractivity contribution < 1.29 is 22.7 Å². The van der Waals surface area contributed by atoms with E-state index in [4.69, 9.17) is 14.7 Å². The first kappa shape index (κ1) is 37.5. The molecule has 13 heteroatoms. The third-order valence-corrected chi connectivity index (χ3v) is 11.5. The van der Waals surface area contributed by atoms with Gasteiger partial charge in [-0.15, -0.1) is 0 Å². The normalized spacial score (nSPS) is 22.3. The molecule has 2 amide bonds. The predicted molar refractivity (Wildman–Crippen MR) is 201 cm³/mol. The monoisotopic (exact) mass is 731 g/mol. The van der Waals surface area contributed by atoms with Gasteiger partial charge in [-0.3, -0.25) is 9.78 Å². The fourth-order valence-corrected chi connectivity index (χ4v) is 8.52. The number of carbonyl (C=O) groups is 2. The van der Waals surface area contributed by atoms with Crippen LogP contribution in [0.2, 0.25) is 0 Å². The Labute approximate surface area is 308 Å². The molecule has 4 bridgehead atoms. The molecule has 2 saturated heterocycles. The summed E-state index contributed by atoms with van der Waals surface area (Å²) in [7, 11) is -4.33. The van der Waals surface area contributed by atoms with Gasteiger partial charge in [-0.2, -0.15) is 8.42 Å². The molecule has 3 aliphatic rings. The molecule has 0 aliphatic carbocycles. The number of carbonyl (C=O) groups excluding carboxylic acids is 2. The lowest BCUT2D eigenvalue weighted by Gasteiger charge is -2.34. The van der Waals surface area contributed by atoms with Gasteiger partial charge in [0.25, 0.3) is 15.9 Å². The Balaban J connectivity index is 1.32. The third kappa shape index (κ3) is 8.35. The van der Waals surface area contributed by atoms with Crippen molar-refractivity contribution in [2.45, 2.75) is 121 Å². The molecule has 2 atom stereocenters. The average molecular weight is 732 g/mol. The highest BCUT2D eigenvalue weighted by molar-refractivity contribution is 7.90. The van der Waals surface area contributed by atoms with Gasteiger partial charge in [0, 0.05) is 42.5 Å². The maximum absolute atomic E-state index is 13.8. The Morgan fingerprint density at radius 1 is 0.962 bits per heavy atom. The van der Waals surface area contributed by atoms with Crippen LogP contribution in [0.15, 0.2) is 53.7 Å². The van der Waals surface area contributed by atoms with Crippen molar-refractivity contribution >= 4 is 33.7 Å². The van der Waals surface area contributed by atoms with Crippen molar-refractivity contribution in [3.05, 3.63) is 71.2 Å². The van der Waals surface area contributed by atoms with E-state index in [0.717, 1.165) is 49.1 Å². The summed E-state index contributed by atoms with van der Waals surface area (Å²) in [5.41, 5.74) is 1.88. The number of likely N-dealkylation sites (tertiary alicyclic amines) is 1. The molecule has 2 fully saturated rings. The van der Waals surface area contributed by atoms with Gasteiger partial charge in [0.15, 0.2) is 5.03 Å². The van der Waals surface area contributed by atoms with Gasteiger partial charge in [-0.05, 0) is 121 Å². The van der Waals surface area contributed by atoms with E-state index in [9.17, 15) is 18.0 Å². The third-order valence-electron chi connectivity index (χ3n) is 10.3. The van der Waals surface area contributed by atoms with Crippen LogP contribution in [0, 0.1) is 5.92 Å². The topological polar surface area (TPSA) is 147 Å². The second-order valence-electron chi connectivity index (χ2n) is 17.1. The van der Waals surface area contributed by atoms with E-state index in [2.05, 4.69) is 60.6 Å². The zero-order valence-electron chi connectivity index (χ0n) is 31.7. The summed E-state index contributed by atoms with van der Waals surface area (Å²) in [5, 5.41) is 3.24. The van der Waals surface area contributed by atoms with Crippen molar-refractivity contribution in [2.24, 2.45) is 5.92 Å². The molecule has 0 radical (unpaired) electrons. The Bertz CT molecular complexity index is 1930. The van der Waals surface area contributed by atoms with Crippen molar-refractivity contribution in [3.8, 4) is 0 Å². The number of piperidine rings is 1. The maximum atomic E-state index is 13.8. The number of anilines is 2. The quantitative estimate of drug-likeness (QED) is 0.284. The smallest absolute Gasteiger partial charge is 0.410 e. The standard InChI is InChI=1S/C39H53N7O5S/c1-37(2,3)31-15-13-28-34(42-31)46-24-25(23-39(46,7)8)12-14-29(41-32-10-9-11-33(43-32)52(49,50)44-35(28)47)30-22-27(16-19-40-30)26-17-20-45(21-18-26)36(48)51-38(4,5)6/h9-11,13,15-16,19,22,25-26,29H,12,14,17-18,20-21,23-24H2,1-8H3,(H,41,43)(H,44,47)/t25-,29?/m0/s1. The van der Waals surface area contributed by atoms with E-state index >= 15 is 0 Å². The van der Waals surface area contributed by atoms with E-state index in [1.165, 1.54) is 6.07 Å². The summed E-state index contributed by atoms with van der Waals surface area (Å²) in [6, 6.07) is 12.2. The summed E-state index contributed by atoms with van der Waals surface area (Å²) < 4.78 is 35.2. The second-order valence-corrected chi connectivity index (χ2v) is 18.8. The summed E-state index contributed by atoms with van der Waals surface area (Å²) >= 11 is 0. The van der Waals surface area contributed by atoms with Crippen LogP contribution in [-0.4, -0.2) is 71.0 Å². The summed E-state index contributed by atoms with van der Waals surface area (Å²) in [4.78, 5) is 44.7. The molecule has 3 aromatic heterocycles. The van der Waals surface area contributed by atoms with Crippen LogP contribution in [0.4, 0.5) is 16.4 Å². The molecule has 0 saturated carbocycles. The lowest BCUT2D eigenvalue weighted by atomic mass is 9.88. The molecule has 3 aliphatic heterocycles. The van der Waals surface area contributed by atoms with Crippen LogP contribution < -0.4 is 14.9 Å². The molecule has 0 spiro atoms. The molecule has 6 rings (SSSR count). The number of fused-ring (bicyclic) bond motifs is 6. The highest BCUT2D eigenvalue weighted by atomic mass is 32.2. The van der Waals surface area contributed by atoms with E-state index in [-0.39, 0.29) is 45.5 Å². The number of hydrogen-bond donors (Lipinski definition) is 2. The molecule has 52 heavy (non-hydrogen) atoms. The SMILES string of the molecule is CC(C)(C)OC(=O)N1CCC(c2ccnc(C3CC[C@@H]4CN(c5nc(C(C)(C)C)ccc5C(=O)NS(=O)(=O)c5cccc(n5)N3)C(C)(C)C4)c2)CC1. The van der Waals surface area contributed by atoms with Crippen molar-refractivity contribution in [1.29, 1.82) is 0 Å². The molecule has 3 aromatic rings. The van der Waals surface area contributed by atoms with Crippen LogP contribution >= 0.6 is 0 Å². The number of amides is 2. The van der Waals surface area contributed by atoms with E-state index in [0.29, 0.717) is 31.3 Å². The van der Waals surface area contributed by atoms with E-state index < -0.39 is 21.5 Å². The largest absolute Gasteiger partial charge is 0.444 e. The maximum Gasteiger partial charge on any atom is 0.410 e. The number of sulfonamides is 1. The van der Waals surface area contributed by atoms with Gasteiger partial charge in [-0.25, -0.2) is 19.5 Å². The molecule has 1 unspecified atom stereocenters. The second kappa shape index (κ2) is 13.9. The minimum atomic E-state index is -4.33. The molecular formula is C39H53N7O5S. The first-order valence-electron chi connectivity index (χ1n) is 18.3. The van der Waals surface area contributed by atoms with E-state index in [1.807, 2.05) is 33.0 Å². The van der Waals surface area contributed by atoms with Crippen LogP contribution in [0.1, 0.15) is 127 Å². The van der Waals surface area contributed by atoms with Crippen molar-refractivity contribution in [2.75, 3.05) is 29.9 Å². The fraction of sp³-hybridized carbons (Fsp3) is 0.564. The first-order valence-corrected chi connectivity index (χ1v) is 19.8. The van der Waals surface area contributed by atoms with Crippen LogP contribution in [0.3, 0.4) is 0 Å². The lowest BCUT2D eigenvalue weighted by molar-refractivity contribution is 0.0204. The number of rotatable bonds is 2. The lowest BCUT2D eigenvalue weighted by Crippen LogP contribution is -2.41. The predicted octanol–water partition coefficient (Wildman–Crippen LogP) is 6.95. The van der Waals surface area contributed by atoms with Crippen LogP contribution in [-0.2, 0) is 20.2 Å². The Kier molecular flexibility index (Phi) is 10.1. The Morgan fingerprint density at radius 2 is 1.69 bits per heavy atom. The molecule has 12 nitrogen and oxygen atoms in total. The number of aromatic nitrogens is 3. The summed E-state index contributed by atoms with van der Waals surface area (Å²) in [6.45, 7) is 18.0. The molecule has 0 aromatic carbocycles. The Morgan fingerprint density at radius 3 is 2.38 bits per heavy atom. The number of nitrogens with one attached hydrogen (secondary N) is 2. The number of ether oxygens (including phenoxy) is 1. The minimum Gasteiger partial charge on any atom is -0.444 e. The molecular weight excluding hydrogens is 679 g/mol. The Hall–Kier alpha value is -4.26. The van der Waals surface area contributed by atoms with Gasteiger partial charge in [0.2, 0.25) is 0 Å². The number of nitrogens with zero attached hydrogens (tertiary/aromatic N) is 5. The number of pyridine rings is 3. The van der Waals surface area contributed by atoms with Gasteiger partial charge in [-0.1, -0.05) is 26.8 Å². The minimum absolute atomic E-state index is 0.213.